The zero-order chi connectivity index (χ0) is 10.5. The van der Waals surface area contributed by atoms with Gasteiger partial charge in [-0.25, -0.2) is 4.79 Å². The zero-order valence-corrected chi connectivity index (χ0v) is 7.78. The van der Waals surface area contributed by atoms with Gasteiger partial charge in [-0.05, 0) is 0 Å². The number of fused-ring (bicyclic) bond motifs is 1. The Labute approximate surface area is 81.3 Å². The van der Waals surface area contributed by atoms with E-state index in [0.717, 1.165) is 4.90 Å². The summed E-state index contributed by atoms with van der Waals surface area (Å²) in [7, 11) is -1.38. The van der Waals surface area contributed by atoms with Crippen molar-refractivity contribution in [2.45, 2.75) is 11.8 Å². The van der Waals surface area contributed by atoms with Crippen molar-refractivity contribution >= 4 is 22.7 Å². The molecule has 2 aliphatic rings. The number of carboxylic acid groups (broad SMARTS) is 1. The van der Waals surface area contributed by atoms with E-state index in [1.54, 1.807) is 0 Å². The van der Waals surface area contributed by atoms with Gasteiger partial charge >= 0.3 is 5.97 Å². The van der Waals surface area contributed by atoms with E-state index in [1.807, 2.05) is 0 Å². The SMILES string of the molecule is O=C(O)C1=C(O)CS(=O)[C@H]2CC(=O)N12. The van der Waals surface area contributed by atoms with Crippen molar-refractivity contribution in [1.29, 1.82) is 0 Å². The van der Waals surface area contributed by atoms with E-state index in [9.17, 15) is 18.9 Å². The van der Waals surface area contributed by atoms with Gasteiger partial charge in [-0.15, -0.1) is 0 Å². The smallest absolute Gasteiger partial charge is 0.356 e. The van der Waals surface area contributed by atoms with Crippen molar-refractivity contribution in [3.63, 3.8) is 0 Å². The molecule has 1 amide bonds. The van der Waals surface area contributed by atoms with Crippen LogP contribution >= 0.6 is 0 Å². The molecule has 0 aromatic heterocycles. The van der Waals surface area contributed by atoms with Gasteiger partial charge in [-0.3, -0.25) is 13.9 Å². The fourth-order valence-corrected chi connectivity index (χ4v) is 2.92. The van der Waals surface area contributed by atoms with E-state index in [4.69, 9.17) is 5.11 Å². The van der Waals surface area contributed by atoms with Gasteiger partial charge in [0, 0.05) is 0 Å². The van der Waals surface area contributed by atoms with Crippen molar-refractivity contribution in [3.05, 3.63) is 11.5 Å². The quantitative estimate of drug-likeness (QED) is 0.558. The van der Waals surface area contributed by atoms with E-state index < -0.39 is 39.5 Å². The minimum Gasteiger partial charge on any atom is -0.509 e. The Bertz CT molecular complexity index is 388. The lowest BCUT2D eigenvalue weighted by molar-refractivity contribution is -0.146. The maximum Gasteiger partial charge on any atom is 0.356 e. The number of carbonyl (C=O) groups excluding carboxylic acids is 1. The molecule has 0 bridgehead atoms. The Hall–Kier alpha value is -1.37. The summed E-state index contributed by atoms with van der Waals surface area (Å²) in [5.74, 6) is -2.44. The predicted octanol–water partition coefficient (Wildman–Crippen LogP) is -0.839. The largest absolute Gasteiger partial charge is 0.509 e. The van der Waals surface area contributed by atoms with Crippen LogP contribution in [-0.2, 0) is 20.4 Å². The molecule has 76 valence electrons. The predicted molar refractivity (Wildman–Crippen MR) is 45.6 cm³/mol. The van der Waals surface area contributed by atoms with E-state index >= 15 is 0 Å². The minimum atomic E-state index is -1.38. The standard InChI is InChI=1S/C7H7NO5S/c9-3-2-14(13)5-1-4(10)8(5)6(3)7(11)12/h5,9H,1-2H2,(H,11,12)/t5-,14?/m0/s1. The highest BCUT2D eigenvalue weighted by Gasteiger charge is 2.49. The Morgan fingerprint density at radius 1 is 1.57 bits per heavy atom. The summed E-state index contributed by atoms with van der Waals surface area (Å²) in [5, 5.41) is 17.4. The average Bonchev–Trinajstić information content (AvgIpc) is 2.07. The van der Waals surface area contributed by atoms with Crippen molar-refractivity contribution < 1.29 is 24.0 Å². The number of aliphatic hydroxyl groups is 1. The Kier molecular flexibility index (Phi) is 1.84. The van der Waals surface area contributed by atoms with Gasteiger partial charge in [-0.1, -0.05) is 0 Å². The molecular formula is C7H7NO5S. The summed E-state index contributed by atoms with van der Waals surface area (Å²) in [6.07, 6.45) is 0.0939. The summed E-state index contributed by atoms with van der Waals surface area (Å²) in [6, 6.07) is 0. The van der Waals surface area contributed by atoms with Crippen LogP contribution in [0.4, 0.5) is 0 Å². The molecule has 2 N–H and O–H groups in total. The van der Waals surface area contributed by atoms with Crippen molar-refractivity contribution in [1.82, 2.24) is 4.90 Å². The number of carbonyl (C=O) groups is 2. The molecule has 6 nitrogen and oxygen atoms in total. The van der Waals surface area contributed by atoms with Gasteiger partial charge in [0.1, 0.15) is 11.1 Å². The highest BCUT2D eigenvalue weighted by molar-refractivity contribution is 7.86. The molecule has 2 rings (SSSR count). The highest BCUT2D eigenvalue weighted by Crippen LogP contribution is 2.33. The lowest BCUT2D eigenvalue weighted by Gasteiger charge is -2.42. The number of aliphatic carboxylic acids is 1. The van der Waals surface area contributed by atoms with Gasteiger partial charge in [0.15, 0.2) is 5.70 Å². The van der Waals surface area contributed by atoms with Crippen LogP contribution < -0.4 is 0 Å². The second-order valence-corrected chi connectivity index (χ2v) is 4.64. The Balaban J connectivity index is 2.45. The molecule has 1 unspecified atom stereocenters. The molecule has 2 aliphatic heterocycles. The second-order valence-electron chi connectivity index (χ2n) is 3.05. The molecular weight excluding hydrogens is 210 g/mol. The molecule has 0 spiro atoms. The number of rotatable bonds is 1. The normalized spacial score (nSPS) is 31.1. The average molecular weight is 217 g/mol. The first-order valence-corrected chi connectivity index (χ1v) is 5.25. The van der Waals surface area contributed by atoms with E-state index in [-0.39, 0.29) is 12.2 Å². The van der Waals surface area contributed by atoms with Crippen LogP contribution in [0.2, 0.25) is 0 Å². The van der Waals surface area contributed by atoms with Crippen LogP contribution in [0.5, 0.6) is 0 Å². The summed E-state index contributed by atoms with van der Waals surface area (Å²) >= 11 is 0. The third-order valence-electron chi connectivity index (χ3n) is 2.21. The van der Waals surface area contributed by atoms with Crippen molar-refractivity contribution in [2.24, 2.45) is 0 Å². The summed E-state index contributed by atoms with van der Waals surface area (Å²) in [4.78, 5) is 22.6. The monoisotopic (exact) mass is 217 g/mol. The first kappa shape index (κ1) is 9.20. The third-order valence-corrected chi connectivity index (χ3v) is 3.75. The van der Waals surface area contributed by atoms with Crippen LogP contribution in [0.25, 0.3) is 0 Å². The maximum atomic E-state index is 11.3. The zero-order valence-electron chi connectivity index (χ0n) is 6.97. The van der Waals surface area contributed by atoms with E-state index in [1.165, 1.54) is 0 Å². The number of hydrogen-bond acceptors (Lipinski definition) is 4. The van der Waals surface area contributed by atoms with E-state index in [2.05, 4.69) is 0 Å². The molecule has 2 heterocycles. The number of amides is 1. The van der Waals surface area contributed by atoms with Gasteiger partial charge in [-0.2, -0.15) is 0 Å². The molecule has 1 saturated heterocycles. The molecule has 2 atom stereocenters. The Morgan fingerprint density at radius 2 is 2.21 bits per heavy atom. The fourth-order valence-electron chi connectivity index (χ4n) is 1.53. The summed E-state index contributed by atoms with van der Waals surface area (Å²) in [5.41, 5.74) is -0.425. The van der Waals surface area contributed by atoms with Gasteiger partial charge < -0.3 is 10.2 Å². The number of carboxylic acids is 1. The molecule has 0 saturated carbocycles. The van der Waals surface area contributed by atoms with Gasteiger partial charge in [0.05, 0.1) is 23.0 Å². The van der Waals surface area contributed by atoms with Gasteiger partial charge in [0.25, 0.3) is 0 Å². The van der Waals surface area contributed by atoms with Crippen LogP contribution in [0.3, 0.4) is 0 Å². The number of hydrogen-bond donors (Lipinski definition) is 2. The first-order chi connectivity index (χ1) is 6.52. The summed E-state index contributed by atoms with van der Waals surface area (Å²) in [6.45, 7) is 0. The van der Waals surface area contributed by atoms with Crippen LogP contribution in [-0.4, -0.2) is 42.3 Å². The lowest BCUT2D eigenvalue weighted by atomic mass is 10.1. The van der Waals surface area contributed by atoms with Crippen molar-refractivity contribution in [3.8, 4) is 0 Å². The first-order valence-electron chi connectivity index (χ1n) is 3.87. The van der Waals surface area contributed by atoms with Crippen LogP contribution in [0, 0.1) is 0 Å². The molecule has 0 radical (unpaired) electrons. The molecule has 0 aliphatic carbocycles. The molecule has 14 heavy (non-hydrogen) atoms. The lowest BCUT2D eigenvalue weighted by Crippen LogP contribution is -2.58. The fraction of sp³-hybridized carbons (Fsp3) is 0.429. The number of β-lactam (4-membered cyclic amide) rings is 1. The number of aliphatic hydroxyl groups excluding tert-OH is 1. The number of nitrogens with zero attached hydrogens (tertiary/aromatic N) is 1. The van der Waals surface area contributed by atoms with Crippen molar-refractivity contribution in [2.75, 3.05) is 5.75 Å². The second kappa shape index (κ2) is 2.81. The van der Waals surface area contributed by atoms with Gasteiger partial charge in [0.2, 0.25) is 5.91 Å². The third kappa shape index (κ3) is 1.05. The molecule has 7 heteroatoms. The van der Waals surface area contributed by atoms with Crippen LogP contribution in [0.1, 0.15) is 6.42 Å². The molecule has 0 aromatic carbocycles. The maximum absolute atomic E-state index is 11.3. The summed E-state index contributed by atoms with van der Waals surface area (Å²) < 4.78 is 11.3. The van der Waals surface area contributed by atoms with Crippen LogP contribution in [0.15, 0.2) is 11.5 Å². The topological polar surface area (TPSA) is 94.9 Å². The Morgan fingerprint density at radius 3 is 2.71 bits per heavy atom. The minimum absolute atomic E-state index is 0.0939. The molecule has 1 fully saturated rings. The highest BCUT2D eigenvalue weighted by atomic mass is 32.2. The van der Waals surface area contributed by atoms with E-state index in [0.29, 0.717) is 0 Å². The molecule has 0 aromatic rings.